The van der Waals surface area contributed by atoms with E-state index in [1.807, 2.05) is 29.9 Å². The first-order valence-electron chi connectivity index (χ1n) is 6.71. The van der Waals surface area contributed by atoms with E-state index in [0.717, 1.165) is 5.69 Å². The van der Waals surface area contributed by atoms with E-state index in [1.165, 1.54) is 0 Å². The summed E-state index contributed by atoms with van der Waals surface area (Å²) in [5.74, 6) is 1.50. The average molecular weight is 301 g/mol. The SMILES string of the molecule is Cn1cccc1-c1noc(CNC(=O)NCc2ccco2)n1. The van der Waals surface area contributed by atoms with E-state index in [4.69, 9.17) is 8.94 Å². The highest BCUT2D eigenvalue weighted by atomic mass is 16.5. The van der Waals surface area contributed by atoms with Crippen LogP contribution in [0.3, 0.4) is 0 Å². The molecule has 3 aromatic rings. The molecule has 0 aliphatic heterocycles. The van der Waals surface area contributed by atoms with Gasteiger partial charge in [0.05, 0.1) is 25.0 Å². The Morgan fingerprint density at radius 1 is 1.27 bits per heavy atom. The summed E-state index contributed by atoms with van der Waals surface area (Å²) in [7, 11) is 1.89. The minimum atomic E-state index is -0.338. The first-order valence-corrected chi connectivity index (χ1v) is 6.71. The van der Waals surface area contributed by atoms with Crippen LogP contribution in [-0.4, -0.2) is 20.7 Å². The van der Waals surface area contributed by atoms with Gasteiger partial charge in [-0.05, 0) is 24.3 Å². The molecule has 0 aliphatic rings. The van der Waals surface area contributed by atoms with Crippen molar-refractivity contribution in [2.24, 2.45) is 7.05 Å². The second-order valence-corrected chi connectivity index (χ2v) is 4.63. The number of carbonyl (C=O) groups is 1. The Balaban J connectivity index is 1.50. The Bertz CT molecular complexity index is 744. The molecular weight excluding hydrogens is 286 g/mol. The summed E-state index contributed by atoms with van der Waals surface area (Å²) >= 11 is 0. The molecule has 114 valence electrons. The zero-order valence-corrected chi connectivity index (χ0v) is 11.9. The fourth-order valence-corrected chi connectivity index (χ4v) is 1.92. The summed E-state index contributed by atoms with van der Waals surface area (Å²) < 4.78 is 12.1. The maximum atomic E-state index is 11.6. The molecule has 0 aliphatic carbocycles. The lowest BCUT2D eigenvalue weighted by atomic mass is 10.4. The van der Waals surface area contributed by atoms with Gasteiger partial charge in [-0.25, -0.2) is 4.79 Å². The third-order valence-corrected chi connectivity index (χ3v) is 3.04. The van der Waals surface area contributed by atoms with Gasteiger partial charge in [-0.2, -0.15) is 4.98 Å². The maximum absolute atomic E-state index is 11.6. The Kier molecular flexibility index (Phi) is 3.90. The van der Waals surface area contributed by atoms with E-state index in [2.05, 4.69) is 20.8 Å². The molecule has 8 nitrogen and oxygen atoms in total. The Labute approximate surface area is 126 Å². The van der Waals surface area contributed by atoms with Crippen LogP contribution in [0.15, 0.2) is 45.7 Å². The molecule has 0 atom stereocenters. The number of nitrogens with zero attached hydrogens (tertiary/aromatic N) is 3. The number of nitrogens with one attached hydrogen (secondary N) is 2. The number of furan rings is 1. The largest absolute Gasteiger partial charge is 0.467 e. The number of aromatic nitrogens is 3. The summed E-state index contributed by atoms with van der Waals surface area (Å²) in [6.45, 7) is 0.471. The number of aryl methyl sites for hydroxylation is 1. The number of amides is 2. The molecule has 0 unspecified atom stereocenters. The van der Waals surface area contributed by atoms with E-state index in [0.29, 0.717) is 24.0 Å². The molecule has 0 fully saturated rings. The quantitative estimate of drug-likeness (QED) is 0.747. The molecule has 3 rings (SSSR count). The second kappa shape index (κ2) is 6.17. The van der Waals surface area contributed by atoms with E-state index < -0.39 is 0 Å². The van der Waals surface area contributed by atoms with Crippen molar-refractivity contribution in [2.75, 3.05) is 0 Å². The van der Waals surface area contributed by atoms with Gasteiger partial charge in [0.25, 0.3) is 0 Å². The summed E-state index contributed by atoms with van der Waals surface area (Å²) in [4.78, 5) is 15.9. The molecule has 3 heterocycles. The molecule has 0 spiro atoms. The lowest BCUT2D eigenvalue weighted by molar-refractivity contribution is 0.237. The van der Waals surface area contributed by atoms with Gasteiger partial charge in [-0.3, -0.25) is 0 Å². The predicted octanol–water partition coefficient (Wildman–Crippen LogP) is 1.67. The van der Waals surface area contributed by atoms with E-state index in [9.17, 15) is 4.79 Å². The highest BCUT2D eigenvalue weighted by Gasteiger charge is 2.11. The summed E-state index contributed by atoms with van der Waals surface area (Å²) in [5.41, 5.74) is 0.845. The lowest BCUT2D eigenvalue weighted by Crippen LogP contribution is -2.34. The minimum absolute atomic E-state index is 0.154. The normalized spacial score (nSPS) is 10.6. The first kappa shape index (κ1) is 13.9. The highest BCUT2D eigenvalue weighted by Crippen LogP contribution is 2.15. The number of hydrogen-bond donors (Lipinski definition) is 2. The number of hydrogen-bond acceptors (Lipinski definition) is 5. The van der Waals surface area contributed by atoms with Crippen LogP contribution >= 0.6 is 0 Å². The lowest BCUT2D eigenvalue weighted by Gasteiger charge is -2.03. The van der Waals surface area contributed by atoms with Crippen LogP contribution < -0.4 is 10.6 Å². The minimum Gasteiger partial charge on any atom is -0.467 e. The molecule has 0 saturated heterocycles. The molecule has 2 amide bonds. The van der Waals surface area contributed by atoms with E-state index in [1.54, 1.807) is 18.4 Å². The van der Waals surface area contributed by atoms with Crippen LogP contribution in [0, 0.1) is 0 Å². The van der Waals surface area contributed by atoms with Gasteiger partial charge in [-0.15, -0.1) is 0 Å². The number of carbonyl (C=O) groups excluding carboxylic acids is 1. The molecule has 3 aromatic heterocycles. The van der Waals surface area contributed by atoms with E-state index >= 15 is 0 Å². The van der Waals surface area contributed by atoms with Crippen LogP contribution in [0.5, 0.6) is 0 Å². The number of rotatable bonds is 5. The van der Waals surface area contributed by atoms with Crippen molar-refractivity contribution in [3.8, 4) is 11.5 Å². The van der Waals surface area contributed by atoms with Gasteiger partial charge >= 0.3 is 6.03 Å². The van der Waals surface area contributed by atoms with Gasteiger partial charge in [0.15, 0.2) is 0 Å². The van der Waals surface area contributed by atoms with Crippen molar-refractivity contribution in [1.82, 2.24) is 25.3 Å². The first-order chi connectivity index (χ1) is 10.7. The second-order valence-electron chi connectivity index (χ2n) is 4.63. The van der Waals surface area contributed by atoms with Gasteiger partial charge < -0.3 is 24.1 Å². The molecule has 22 heavy (non-hydrogen) atoms. The van der Waals surface area contributed by atoms with Crippen molar-refractivity contribution in [3.63, 3.8) is 0 Å². The van der Waals surface area contributed by atoms with E-state index in [-0.39, 0.29) is 12.6 Å². The van der Waals surface area contributed by atoms with Gasteiger partial charge in [0.2, 0.25) is 11.7 Å². The molecule has 8 heteroatoms. The van der Waals surface area contributed by atoms with Crippen molar-refractivity contribution >= 4 is 6.03 Å². The van der Waals surface area contributed by atoms with Crippen molar-refractivity contribution in [3.05, 3.63) is 48.4 Å². The Morgan fingerprint density at radius 3 is 2.86 bits per heavy atom. The van der Waals surface area contributed by atoms with Gasteiger partial charge in [0, 0.05) is 13.2 Å². The topological polar surface area (TPSA) is 98.1 Å². The Hall–Kier alpha value is -3.03. The molecule has 0 aromatic carbocycles. The molecule has 0 saturated carbocycles. The van der Waals surface area contributed by atoms with Crippen molar-refractivity contribution in [2.45, 2.75) is 13.1 Å². The third-order valence-electron chi connectivity index (χ3n) is 3.04. The predicted molar refractivity (Wildman–Crippen MR) is 76.5 cm³/mol. The van der Waals surface area contributed by atoms with Crippen LogP contribution in [0.2, 0.25) is 0 Å². The van der Waals surface area contributed by atoms with Crippen molar-refractivity contribution < 1.29 is 13.7 Å². The zero-order valence-electron chi connectivity index (χ0n) is 11.9. The van der Waals surface area contributed by atoms with Crippen LogP contribution in [0.1, 0.15) is 11.7 Å². The fraction of sp³-hybridized carbons (Fsp3) is 0.214. The van der Waals surface area contributed by atoms with Crippen LogP contribution in [0.25, 0.3) is 11.5 Å². The molecular formula is C14H15N5O3. The zero-order chi connectivity index (χ0) is 15.4. The number of urea groups is 1. The molecule has 2 N–H and O–H groups in total. The van der Waals surface area contributed by atoms with Gasteiger partial charge in [-0.1, -0.05) is 5.16 Å². The third kappa shape index (κ3) is 3.17. The Morgan fingerprint density at radius 2 is 2.14 bits per heavy atom. The highest BCUT2D eigenvalue weighted by molar-refractivity contribution is 5.73. The fourth-order valence-electron chi connectivity index (χ4n) is 1.92. The summed E-state index contributed by atoms with van der Waals surface area (Å²) in [5, 5.41) is 9.19. The monoisotopic (exact) mass is 301 g/mol. The van der Waals surface area contributed by atoms with Crippen molar-refractivity contribution in [1.29, 1.82) is 0 Å². The smallest absolute Gasteiger partial charge is 0.315 e. The molecule has 0 radical (unpaired) electrons. The van der Waals surface area contributed by atoms with Crippen LogP contribution in [-0.2, 0) is 20.1 Å². The summed E-state index contributed by atoms with van der Waals surface area (Å²) in [6.07, 6.45) is 3.45. The maximum Gasteiger partial charge on any atom is 0.315 e. The van der Waals surface area contributed by atoms with Crippen LogP contribution in [0.4, 0.5) is 4.79 Å². The summed E-state index contributed by atoms with van der Waals surface area (Å²) in [6, 6.07) is 6.99. The standard InChI is InChI=1S/C14H15N5O3/c1-19-6-2-5-11(19)13-17-12(22-18-13)9-16-14(20)15-8-10-4-3-7-21-10/h2-7H,8-9H2,1H3,(H2,15,16,20). The van der Waals surface area contributed by atoms with Gasteiger partial charge in [0.1, 0.15) is 5.76 Å². The molecule has 0 bridgehead atoms. The average Bonchev–Trinajstić information content (AvgIpc) is 3.24.